The van der Waals surface area contributed by atoms with Gasteiger partial charge in [-0.15, -0.1) is 0 Å². The summed E-state index contributed by atoms with van der Waals surface area (Å²) in [7, 11) is 0. The Morgan fingerprint density at radius 3 is 2.12 bits per heavy atom. The Balaban J connectivity index is 2.68. The molecule has 0 aromatic rings. The standard InChI is InChI=1S/C13H24O3/c1-3-9-13(10-4-2,12(14)15)16-11-7-5-6-8-11/h11H,3-10H2,1-2H3,(H,14,15). The molecule has 3 nitrogen and oxygen atoms in total. The second-order valence-electron chi connectivity index (χ2n) is 4.82. The van der Waals surface area contributed by atoms with Crippen molar-refractivity contribution in [1.29, 1.82) is 0 Å². The Morgan fingerprint density at radius 1 is 1.25 bits per heavy atom. The lowest BCUT2D eigenvalue weighted by Gasteiger charge is -2.32. The van der Waals surface area contributed by atoms with E-state index in [2.05, 4.69) is 0 Å². The second kappa shape index (κ2) is 6.24. The maximum atomic E-state index is 11.5. The number of rotatable bonds is 7. The first-order valence-corrected chi connectivity index (χ1v) is 6.56. The van der Waals surface area contributed by atoms with Crippen molar-refractivity contribution in [2.45, 2.75) is 76.9 Å². The number of carboxylic acid groups (broad SMARTS) is 1. The molecule has 3 heteroatoms. The highest BCUT2D eigenvalue weighted by molar-refractivity contribution is 5.77. The minimum Gasteiger partial charge on any atom is -0.479 e. The van der Waals surface area contributed by atoms with Crippen LogP contribution in [0.15, 0.2) is 0 Å². The molecule has 0 amide bonds. The second-order valence-corrected chi connectivity index (χ2v) is 4.82. The highest BCUT2D eigenvalue weighted by atomic mass is 16.5. The van der Waals surface area contributed by atoms with Crippen molar-refractivity contribution in [3.63, 3.8) is 0 Å². The molecule has 0 aromatic carbocycles. The fraction of sp³-hybridized carbons (Fsp3) is 0.923. The van der Waals surface area contributed by atoms with Crippen molar-refractivity contribution in [3.8, 4) is 0 Å². The summed E-state index contributed by atoms with van der Waals surface area (Å²) in [4.78, 5) is 11.5. The van der Waals surface area contributed by atoms with Crippen LogP contribution in [0.2, 0.25) is 0 Å². The van der Waals surface area contributed by atoms with Gasteiger partial charge in [0.15, 0.2) is 5.60 Å². The minimum atomic E-state index is -0.918. The molecule has 1 saturated carbocycles. The first-order chi connectivity index (χ1) is 7.64. The third-order valence-corrected chi connectivity index (χ3v) is 3.39. The van der Waals surface area contributed by atoms with Crippen LogP contribution in [0.3, 0.4) is 0 Å². The highest BCUT2D eigenvalue weighted by Gasteiger charge is 2.40. The van der Waals surface area contributed by atoms with Crippen LogP contribution in [-0.4, -0.2) is 22.8 Å². The average molecular weight is 228 g/mol. The van der Waals surface area contributed by atoms with Crippen molar-refractivity contribution < 1.29 is 14.6 Å². The van der Waals surface area contributed by atoms with Crippen molar-refractivity contribution in [3.05, 3.63) is 0 Å². The van der Waals surface area contributed by atoms with E-state index >= 15 is 0 Å². The molecular formula is C13H24O3. The fourth-order valence-corrected chi connectivity index (χ4v) is 2.64. The topological polar surface area (TPSA) is 46.5 Å². The summed E-state index contributed by atoms with van der Waals surface area (Å²) in [6.07, 6.45) is 7.58. The fourth-order valence-electron chi connectivity index (χ4n) is 2.64. The quantitative estimate of drug-likeness (QED) is 0.726. The number of hydrogen-bond donors (Lipinski definition) is 1. The zero-order valence-electron chi connectivity index (χ0n) is 10.5. The van der Waals surface area contributed by atoms with Gasteiger partial charge in [-0.3, -0.25) is 0 Å². The van der Waals surface area contributed by atoms with Gasteiger partial charge < -0.3 is 9.84 Å². The van der Waals surface area contributed by atoms with Gasteiger partial charge in [-0.1, -0.05) is 39.5 Å². The molecule has 0 atom stereocenters. The molecule has 0 heterocycles. The predicted octanol–water partition coefficient (Wildman–Crippen LogP) is 3.37. The molecule has 0 radical (unpaired) electrons. The van der Waals surface area contributed by atoms with Gasteiger partial charge in [-0.05, 0) is 25.7 Å². The van der Waals surface area contributed by atoms with E-state index in [1.807, 2.05) is 13.8 Å². The number of aliphatic carboxylic acids is 1. The smallest absolute Gasteiger partial charge is 0.335 e. The maximum absolute atomic E-state index is 11.5. The molecule has 1 fully saturated rings. The molecule has 1 rings (SSSR count). The van der Waals surface area contributed by atoms with Crippen molar-refractivity contribution in [2.75, 3.05) is 0 Å². The van der Waals surface area contributed by atoms with Crippen LogP contribution in [0, 0.1) is 0 Å². The van der Waals surface area contributed by atoms with E-state index in [1.165, 1.54) is 12.8 Å². The van der Waals surface area contributed by atoms with Gasteiger partial charge in [0.25, 0.3) is 0 Å². The molecule has 0 unspecified atom stereocenters. The molecule has 0 saturated heterocycles. The molecule has 0 bridgehead atoms. The lowest BCUT2D eigenvalue weighted by molar-refractivity contribution is -0.176. The summed E-state index contributed by atoms with van der Waals surface area (Å²) in [5, 5.41) is 9.42. The number of carboxylic acids is 1. The lowest BCUT2D eigenvalue weighted by Crippen LogP contribution is -2.44. The van der Waals surface area contributed by atoms with Gasteiger partial charge in [0, 0.05) is 0 Å². The van der Waals surface area contributed by atoms with Crippen molar-refractivity contribution >= 4 is 5.97 Å². The summed E-state index contributed by atoms with van der Waals surface area (Å²) in [6, 6.07) is 0. The van der Waals surface area contributed by atoms with Gasteiger partial charge in [-0.2, -0.15) is 0 Å². The monoisotopic (exact) mass is 228 g/mol. The van der Waals surface area contributed by atoms with Crippen LogP contribution in [0.5, 0.6) is 0 Å². The minimum absolute atomic E-state index is 0.175. The molecule has 94 valence electrons. The SMILES string of the molecule is CCCC(CCC)(OC1CCCC1)C(=O)O. The van der Waals surface area contributed by atoms with E-state index in [1.54, 1.807) is 0 Å². The Hall–Kier alpha value is -0.570. The molecule has 0 aromatic heterocycles. The third kappa shape index (κ3) is 3.21. The number of ether oxygens (including phenoxy) is 1. The summed E-state index contributed by atoms with van der Waals surface area (Å²) >= 11 is 0. The lowest BCUT2D eigenvalue weighted by atomic mass is 9.92. The van der Waals surface area contributed by atoms with Crippen molar-refractivity contribution in [2.24, 2.45) is 0 Å². The van der Waals surface area contributed by atoms with E-state index in [0.717, 1.165) is 25.7 Å². The molecular weight excluding hydrogens is 204 g/mol. The van der Waals surface area contributed by atoms with Gasteiger partial charge in [0.05, 0.1) is 6.10 Å². The van der Waals surface area contributed by atoms with Gasteiger partial charge in [0.1, 0.15) is 0 Å². The predicted molar refractivity (Wildman–Crippen MR) is 63.5 cm³/mol. The van der Waals surface area contributed by atoms with E-state index in [0.29, 0.717) is 12.8 Å². The third-order valence-electron chi connectivity index (χ3n) is 3.39. The molecule has 0 spiro atoms. The molecule has 0 aliphatic heterocycles. The first-order valence-electron chi connectivity index (χ1n) is 6.56. The Morgan fingerprint density at radius 2 is 1.75 bits per heavy atom. The van der Waals surface area contributed by atoms with Crippen LogP contribution in [0.25, 0.3) is 0 Å². The first kappa shape index (κ1) is 13.5. The molecule has 1 aliphatic rings. The normalized spacial score (nSPS) is 17.9. The molecule has 16 heavy (non-hydrogen) atoms. The van der Waals surface area contributed by atoms with Crippen LogP contribution in [0.1, 0.15) is 65.2 Å². The van der Waals surface area contributed by atoms with Crippen LogP contribution in [0.4, 0.5) is 0 Å². The van der Waals surface area contributed by atoms with E-state index in [4.69, 9.17) is 4.74 Å². The highest BCUT2D eigenvalue weighted by Crippen LogP contribution is 2.32. The zero-order valence-corrected chi connectivity index (χ0v) is 10.5. The Labute approximate surface area is 98.2 Å². The summed E-state index contributed by atoms with van der Waals surface area (Å²) in [5.74, 6) is -0.775. The van der Waals surface area contributed by atoms with Crippen LogP contribution in [-0.2, 0) is 9.53 Å². The summed E-state index contributed by atoms with van der Waals surface area (Å²) in [5.41, 5.74) is -0.918. The zero-order chi connectivity index (χ0) is 12.0. The van der Waals surface area contributed by atoms with E-state index < -0.39 is 11.6 Å². The number of carbonyl (C=O) groups is 1. The van der Waals surface area contributed by atoms with Gasteiger partial charge in [0.2, 0.25) is 0 Å². The summed E-state index contributed by atoms with van der Waals surface area (Å²) < 4.78 is 5.94. The van der Waals surface area contributed by atoms with E-state index in [9.17, 15) is 9.90 Å². The van der Waals surface area contributed by atoms with Gasteiger partial charge >= 0.3 is 5.97 Å². The van der Waals surface area contributed by atoms with E-state index in [-0.39, 0.29) is 6.10 Å². The maximum Gasteiger partial charge on any atom is 0.335 e. The van der Waals surface area contributed by atoms with Crippen molar-refractivity contribution in [1.82, 2.24) is 0 Å². The molecule has 1 N–H and O–H groups in total. The van der Waals surface area contributed by atoms with Crippen LogP contribution >= 0.6 is 0 Å². The molecule has 1 aliphatic carbocycles. The average Bonchev–Trinajstić information content (AvgIpc) is 2.70. The van der Waals surface area contributed by atoms with Gasteiger partial charge in [-0.25, -0.2) is 4.79 Å². The largest absolute Gasteiger partial charge is 0.479 e. The number of hydrogen-bond acceptors (Lipinski definition) is 2. The summed E-state index contributed by atoms with van der Waals surface area (Å²) in [6.45, 7) is 4.04. The van der Waals surface area contributed by atoms with Crippen LogP contribution < -0.4 is 0 Å². The Bertz CT molecular complexity index is 213. The Kier molecular flexibility index (Phi) is 5.26.